The summed E-state index contributed by atoms with van der Waals surface area (Å²) in [6.45, 7) is 3.48. The molecule has 170 valence electrons. The highest BCUT2D eigenvalue weighted by Crippen LogP contribution is 2.29. The Morgan fingerprint density at radius 3 is 2.78 bits per heavy atom. The summed E-state index contributed by atoms with van der Waals surface area (Å²) in [7, 11) is 1.58. The van der Waals surface area contributed by atoms with E-state index in [1.165, 1.54) is 6.26 Å². The van der Waals surface area contributed by atoms with E-state index in [4.69, 9.17) is 15.2 Å². The molecule has 1 fully saturated rings. The van der Waals surface area contributed by atoms with Crippen LogP contribution in [-0.4, -0.2) is 59.0 Å². The van der Waals surface area contributed by atoms with E-state index in [9.17, 15) is 9.18 Å². The van der Waals surface area contributed by atoms with Gasteiger partial charge in [0.25, 0.3) is 5.91 Å². The molecule has 0 spiro atoms. The first-order chi connectivity index (χ1) is 15.5. The van der Waals surface area contributed by atoms with Gasteiger partial charge in [-0.15, -0.1) is 0 Å². The summed E-state index contributed by atoms with van der Waals surface area (Å²) in [5.74, 6) is 1.28. The minimum Gasteiger partial charge on any atom is -0.497 e. The molecule has 1 aromatic heterocycles. The van der Waals surface area contributed by atoms with Gasteiger partial charge in [-0.1, -0.05) is 0 Å². The molecule has 9 heteroatoms. The van der Waals surface area contributed by atoms with Gasteiger partial charge in [0.05, 0.1) is 18.9 Å². The van der Waals surface area contributed by atoms with E-state index in [1.54, 1.807) is 36.4 Å². The number of methoxy groups -OCH3 is 1. The van der Waals surface area contributed by atoms with Crippen molar-refractivity contribution in [3.63, 3.8) is 0 Å². The smallest absolute Gasteiger partial charge is 0.261 e. The minimum absolute atomic E-state index is 0.0733. The molecule has 2 aliphatic rings. The van der Waals surface area contributed by atoms with Gasteiger partial charge in [-0.05, 0) is 57.5 Å². The fraction of sp³-hybridized carbons (Fsp3) is 0.435. The SMILES string of the molecule is COc1ccc2c(c1)OC=CN(CCCCN1CCC(c3ncc(F)c(N)n3)CC1)C2=O. The van der Waals surface area contributed by atoms with Gasteiger partial charge in [-0.25, -0.2) is 14.4 Å². The van der Waals surface area contributed by atoms with Gasteiger partial charge in [-0.2, -0.15) is 0 Å². The van der Waals surface area contributed by atoms with Crippen LogP contribution in [0.15, 0.2) is 36.9 Å². The van der Waals surface area contributed by atoms with Crippen molar-refractivity contribution in [2.45, 2.75) is 31.6 Å². The van der Waals surface area contributed by atoms with Crippen molar-refractivity contribution < 1.29 is 18.7 Å². The Morgan fingerprint density at radius 1 is 1.25 bits per heavy atom. The number of amides is 1. The van der Waals surface area contributed by atoms with Gasteiger partial charge in [0.15, 0.2) is 11.6 Å². The largest absolute Gasteiger partial charge is 0.497 e. The fourth-order valence-corrected chi connectivity index (χ4v) is 4.10. The lowest BCUT2D eigenvalue weighted by atomic mass is 9.95. The maximum atomic E-state index is 13.3. The highest BCUT2D eigenvalue weighted by atomic mass is 19.1. The lowest BCUT2D eigenvalue weighted by molar-refractivity contribution is 0.0820. The first-order valence-corrected chi connectivity index (χ1v) is 10.9. The number of fused-ring (bicyclic) bond motifs is 1. The zero-order valence-electron chi connectivity index (χ0n) is 18.2. The van der Waals surface area contributed by atoms with Crippen LogP contribution in [0.4, 0.5) is 10.2 Å². The fourth-order valence-electron chi connectivity index (χ4n) is 4.10. The molecule has 2 aliphatic heterocycles. The number of nitrogens with two attached hydrogens (primary N) is 1. The number of unbranched alkanes of at least 4 members (excludes halogenated alkanes) is 1. The van der Waals surface area contributed by atoms with Crippen LogP contribution < -0.4 is 15.2 Å². The first kappa shape index (κ1) is 22.0. The second-order valence-corrected chi connectivity index (χ2v) is 8.05. The third-order valence-corrected chi connectivity index (χ3v) is 5.98. The maximum absolute atomic E-state index is 13.3. The van der Waals surface area contributed by atoms with E-state index >= 15 is 0 Å². The number of nitrogens with zero attached hydrogens (tertiary/aromatic N) is 4. The molecule has 1 amide bonds. The topological polar surface area (TPSA) is 93.8 Å². The second-order valence-electron chi connectivity index (χ2n) is 8.05. The number of anilines is 1. The number of hydrogen-bond donors (Lipinski definition) is 1. The molecule has 4 rings (SSSR count). The number of aromatic nitrogens is 2. The number of carbonyl (C=O) groups excluding carboxylic acids is 1. The minimum atomic E-state index is -0.571. The van der Waals surface area contributed by atoms with Crippen LogP contribution in [0.25, 0.3) is 0 Å². The first-order valence-electron chi connectivity index (χ1n) is 10.9. The summed E-state index contributed by atoms with van der Waals surface area (Å²) in [5, 5.41) is 0. The van der Waals surface area contributed by atoms with Crippen LogP contribution in [0.1, 0.15) is 47.8 Å². The Balaban J connectivity index is 1.22. The number of piperidine rings is 1. The maximum Gasteiger partial charge on any atom is 0.261 e. The third kappa shape index (κ3) is 4.99. The average Bonchev–Trinajstić information content (AvgIpc) is 2.97. The molecule has 0 aliphatic carbocycles. The summed E-state index contributed by atoms with van der Waals surface area (Å²) in [6, 6.07) is 5.22. The molecule has 1 aromatic carbocycles. The molecule has 32 heavy (non-hydrogen) atoms. The highest BCUT2D eigenvalue weighted by molar-refractivity contribution is 5.98. The molecule has 2 N–H and O–H groups in total. The van der Waals surface area contributed by atoms with Crippen LogP contribution in [0.5, 0.6) is 11.5 Å². The Morgan fingerprint density at radius 2 is 2.03 bits per heavy atom. The van der Waals surface area contributed by atoms with Crippen molar-refractivity contribution >= 4 is 11.7 Å². The van der Waals surface area contributed by atoms with Gasteiger partial charge in [0.1, 0.15) is 23.6 Å². The number of likely N-dealkylation sites (tertiary alicyclic amines) is 1. The molecule has 0 radical (unpaired) electrons. The molecule has 0 atom stereocenters. The van der Waals surface area contributed by atoms with E-state index in [-0.39, 0.29) is 17.6 Å². The Labute approximate surface area is 186 Å². The molecule has 0 unspecified atom stereocenters. The molecular formula is C23H28FN5O3. The Hall–Kier alpha value is -3.20. The Kier molecular flexibility index (Phi) is 6.84. The number of benzene rings is 1. The quantitative estimate of drug-likeness (QED) is 0.660. The molecule has 1 saturated heterocycles. The predicted molar refractivity (Wildman–Crippen MR) is 118 cm³/mol. The molecule has 0 bridgehead atoms. The third-order valence-electron chi connectivity index (χ3n) is 5.98. The van der Waals surface area contributed by atoms with Crippen LogP contribution in [-0.2, 0) is 0 Å². The summed E-state index contributed by atoms with van der Waals surface area (Å²) in [6.07, 6.45) is 8.11. The van der Waals surface area contributed by atoms with Crippen molar-refractivity contribution in [3.05, 3.63) is 54.1 Å². The number of halogens is 1. The van der Waals surface area contributed by atoms with Gasteiger partial charge in [0.2, 0.25) is 0 Å². The number of hydrogen-bond acceptors (Lipinski definition) is 7. The zero-order chi connectivity index (χ0) is 22.5. The molecule has 8 nitrogen and oxygen atoms in total. The number of nitrogen functional groups attached to an aromatic ring is 1. The average molecular weight is 442 g/mol. The number of carbonyl (C=O) groups is 1. The monoisotopic (exact) mass is 441 g/mol. The van der Waals surface area contributed by atoms with E-state index < -0.39 is 5.82 Å². The lowest BCUT2D eigenvalue weighted by Crippen LogP contribution is -2.34. The lowest BCUT2D eigenvalue weighted by Gasteiger charge is -2.31. The van der Waals surface area contributed by atoms with Gasteiger partial charge < -0.3 is 25.0 Å². The second kappa shape index (κ2) is 9.95. The van der Waals surface area contributed by atoms with Crippen molar-refractivity contribution in [2.24, 2.45) is 0 Å². The summed E-state index contributed by atoms with van der Waals surface area (Å²) >= 11 is 0. The van der Waals surface area contributed by atoms with Crippen LogP contribution in [0.2, 0.25) is 0 Å². The summed E-state index contributed by atoms with van der Waals surface area (Å²) in [5.41, 5.74) is 6.10. The number of rotatable bonds is 7. The molecule has 3 heterocycles. The normalized spacial score (nSPS) is 17.1. The molecular weight excluding hydrogens is 413 g/mol. The van der Waals surface area contributed by atoms with Crippen molar-refractivity contribution in [1.29, 1.82) is 0 Å². The molecule has 2 aromatic rings. The van der Waals surface area contributed by atoms with Gasteiger partial charge in [-0.3, -0.25) is 4.79 Å². The number of ether oxygens (including phenoxy) is 2. The molecule has 0 saturated carbocycles. The van der Waals surface area contributed by atoms with E-state index in [2.05, 4.69) is 14.9 Å². The van der Waals surface area contributed by atoms with Crippen molar-refractivity contribution in [3.8, 4) is 11.5 Å². The predicted octanol–water partition coefficient (Wildman–Crippen LogP) is 3.17. The standard InChI is InChI=1S/C23H28FN5O3/c1-31-17-4-5-18-20(14-17)32-13-12-29(23(18)30)9-3-2-8-28-10-6-16(7-11-28)22-26-15-19(24)21(25)27-22/h4-5,12-16H,2-3,6-11H2,1H3,(H2,25,26,27). The van der Waals surface area contributed by atoms with Gasteiger partial charge in [0, 0.05) is 24.7 Å². The summed E-state index contributed by atoms with van der Waals surface area (Å²) in [4.78, 5) is 25.2. The van der Waals surface area contributed by atoms with Crippen molar-refractivity contribution in [2.75, 3.05) is 39.0 Å². The van der Waals surface area contributed by atoms with E-state index in [1.807, 2.05) is 0 Å². The highest BCUT2D eigenvalue weighted by Gasteiger charge is 2.24. The van der Waals surface area contributed by atoms with E-state index in [0.717, 1.165) is 51.5 Å². The van der Waals surface area contributed by atoms with Crippen LogP contribution in [0.3, 0.4) is 0 Å². The van der Waals surface area contributed by atoms with Crippen LogP contribution >= 0.6 is 0 Å². The van der Waals surface area contributed by atoms with Crippen LogP contribution in [0, 0.1) is 5.82 Å². The zero-order valence-corrected chi connectivity index (χ0v) is 18.2. The summed E-state index contributed by atoms with van der Waals surface area (Å²) < 4.78 is 24.1. The van der Waals surface area contributed by atoms with E-state index in [0.29, 0.717) is 29.4 Å². The van der Waals surface area contributed by atoms with Gasteiger partial charge >= 0.3 is 0 Å². The Bertz CT molecular complexity index is 992. The van der Waals surface area contributed by atoms with Crippen molar-refractivity contribution in [1.82, 2.24) is 19.8 Å².